The van der Waals surface area contributed by atoms with Gasteiger partial charge in [0.15, 0.2) is 10.8 Å². The van der Waals surface area contributed by atoms with Crippen LogP contribution in [0.25, 0.3) is 16.1 Å². The number of halogens is 2. The molecule has 0 amide bonds. The van der Waals surface area contributed by atoms with Crippen molar-refractivity contribution in [3.8, 4) is 5.75 Å². The molecule has 3 heterocycles. The summed E-state index contributed by atoms with van der Waals surface area (Å²) in [5, 5.41) is 6.54. The number of benzene rings is 1. The second kappa shape index (κ2) is 11.6. The van der Waals surface area contributed by atoms with E-state index in [0.29, 0.717) is 18.4 Å². The minimum atomic E-state index is -0.0585. The van der Waals surface area contributed by atoms with E-state index in [1.807, 2.05) is 29.9 Å². The van der Waals surface area contributed by atoms with Crippen LogP contribution >= 0.6 is 23.2 Å². The summed E-state index contributed by atoms with van der Waals surface area (Å²) >= 11 is 13.2. The van der Waals surface area contributed by atoms with Crippen LogP contribution < -0.4 is 4.74 Å². The summed E-state index contributed by atoms with van der Waals surface area (Å²) in [5.74, 6) is 0.771. The molecule has 0 spiro atoms. The highest BCUT2D eigenvalue weighted by molar-refractivity contribution is 6.49. The molecule has 0 radical (unpaired) electrons. The fourth-order valence-corrected chi connectivity index (χ4v) is 5.87. The lowest BCUT2D eigenvalue weighted by atomic mass is 9.90. The highest BCUT2D eigenvalue weighted by Gasteiger charge is 2.27. The normalized spacial score (nSPS) is 16.8. The van der Waals surface area contributed by atoms with Crippen LogP contribution in [0.3, 0.4) is 0 Å². The Bertz CT molecular complexity index is 1360. The quantitative estimate of drug-likeness (QED) is 0.298. The number of likely N-dealkylation sites (tertiary alicyclic amines) is 1. The Hall–Kier alpha value is -2.61. The maximum absolute atomic E-state index is 12.0. The lowest BCUT2D eigenvalue weighted by Crippen LogP contribution is -2.38. The molecule has 1 fully saturated rings. The second-order valence-corrected chi connectivity index (χ2v) is 11.1. The van der Waals surface area contributed by atoms with Crippen molar-refractivity contribution in [2.75, 3.05) is 26.2 Å². The number of hydrogen-bond acceptors (Lipinski definition) is 6. The summed E-state index contributed by atoms with van der Waals surface area (Å²) in [7, 11) is 0. The van der Waals surface area contributed by atoms with Crippen molar-refractivity contribution >= 4 is 45.2 Å². The average Bonchev–Trinajstić information content (AvgIpc) is 3.25. The predicted octanol–water partition coefficient (Wildman–Crippen LogP) is 6.42. The fraction of sp³-hybridized carbons (Fsp3) is 0.483. The SMILES string of the molecule is CCOC(=O)C1CCN(CC2=C(Cl)c3ccc(OCc4cnc5c(c4)c(Cl)nn5C(C)C)cc3CC2)CC1. The van der Waals surface area contributed by atoms with Crippen LogP contribution in [0.5, 0.6) is 5.75 Å². The van der Waals surface area contributed by atoms with Crippen molar-refractivity contribution in [3.05, 3.63) is 57.9 Å². The number of aryl methyl sites for hydroxylation is 1. The van der Waals surface area contributed by atoms with E-state index in [1.54, 1.807) is 0 Å². The average molecular weight is 558 g/mol. The molecule has 9 heteroatoms. The van der Waals surface area contributed by atoms with Gasteiger partial charge in [0.05, 0.1) is 17.9 Å². The third kappa shape index (κ3) is 5.70. The summed E-state index contributed by atoms with van der Waals surface area (Å²) in [5.41, 5.74) is 5.26. The minimum absolute atomic E-state index is 0.0218. The molecular weight excluding hydrogens is 523 g/mol. The molecule has 1 aliphatic carbocycles. The molecule has 2 aliphatic rings. The van der Waals surface area contributed by atoms with Crippen LogP contribution in [0.2, 0.25) is 5.15 Å². The molecule has 7 nitrogen and oxygen atoms in total. The number of ether oxygens (including phenoxy) is 2. The number of rotatable bonds is 8. The Balaban J connectivity index is 1.21. The van der Waals surface area contributed by atoms with Gasteiger partial charge >= 0.3 is 5.97 Å². The third-order valence-electron chi connectivity index (χ3n) is 7.39. The number of piperidine rings is 1. The van der Waals surface area contributed by atoms with Crippen LogP contribution in [0.1, 0.15) is 62.8 Å². The fourth-order valence-electron chi connectivity index (χ4n) is 5.31. The minimum Gasteiger partial charge on any atom is -0.489 e. The van der Waals surface area contributed by atoms with Crippen molar-refractivity contribution in [1.82, 2.24) is 19.7 Å². The van der Waals surface area contributed by atoms with Crippen LogP contribution in [-0.2, 0) is 22.6 Å². The van der Waals surface area contributed by atoms with Crippen LogP contribution in [0.15, 0.2) is 36.0 Å². The Morgan fingerprint density at radius 2 is 1.95 bits per heavy atom. The van der Waals surface area contributed by atoms with Gasteiger partial charge in [-0.1, -0.05) is 23.2 Å². The molecule has 0 atom stereocenters. The van der Waals surface area contributed by atoms with Gasteiger partial charge < -0.3 is 9.47 Å². The van der Waals surface area contributed by atoms with E-state index in [-0.39, 0.29) is 17.9 Å². The smallest absolute Gasteiger partial charge is 0.309 e. The number of nitrogens with zero attached hydrogens (tertiary/aromatic N) is 4. The molecule has 3 aromatic rings. The van der Waals surface area contributed by atoms with E-state index in [1.165, 1.54) is 11.1 Å². The van der Waals surface area contributed by atoms with E-state index in [9.17, 15) is 4.79 Å². The number of esters is 1. The Kier molecular flexibility index (Phi) is 8.26. The summed E-state index contributed by atoms with van der Waals surface area (Å²) in [6.07, 6.45) is 5.35. The van der Waals surface area contributed by atoms with E-state index < -0.39 is 0 Å². The van der Waals surface area contributed by atoms with Crippen molar-refractivity contribution in [2.45, 2.75) is 59.1 Å². The highest BCUT2D eigenvalue weighted by atomic mass is 35.5. The van der Waals surface area contributed by atoms with Crippen molar-refractivity contribution in [1.29, 1.82) is 0 Å². The second-order valence-electron chi connectivity index (χ2n) is 10.4. The first kappa shape index (κ1) is 27.0. The van der Waals surface area contributed by atoms with Gasteiger partial charge in [-0.15, -0.1) is 0 Å². The van der Waals surface area contributed by atoms with Gasteiger partial charge in [0.25, 0.3) is 0 Å². The van der Waals surface area contributed by atoms with E-state index in [2.05, 4.69) is 41.0 Å². The van der Waals surface area contributed by atoms with Crippen molar-refractivity contribution in [2.24, 2.45) is 5.92 Å². The zero-order chi connectivity index (χ0) is 26.8. The molecule has 5 rings (SSSR count). The van der Waals surface area contributed by atoms with Gasteiger partial charge in [0.2, 0.25) is 0 Å². The number of pyridine rings is 1. The van der Waals surface area contributed by atoms with Crippen molar-refractivity contribution in [3.63, 3.8) is 0 Å². The summed E-state index contributed by atoms with van der Waals surface area (Å²) < 4.78 is 13.1. The first-order valence-corrected chi connectivity index (χ1v) is 14.1. The Morgan fingerprint density at radius 1 is 1.16 bits per heavy atom. The number of carbonyl (C=O) groups is 1. The highest BCUT2D eigenvalue weighted by Crippen LogP contribution is 2.37. The summed E-state index contributed by atoms with van der Waals surface area (Å²) in [6, 6.07) is 8.31. The van der Waals surface area contributed by atoms with Gasteiger partial charge in [-0.05, 0) is 101 Å². The summed E-state index contributed by atoms with van der Waals surface area (Å²) in [6.45, 7) is 9.42. The molecule has 1 saturated heterocycles. The van der Waals surface area contributed by atoms with E-state index in [4.69, 9.17) is 32.7 Å². The third-order valence-corrected chi connectivity index (χ3v) is 8.14. The van der Waals surface area contributed by atoms with E-state index in [0.717, 1.165) is 78.3 Å². The van der Waals surface area contributed by atoms with Gasteiger partial charge in [-0.25, -0.2) is 9.67 Å². The maximum atomic E-state index is 12.0. The number of fused-ring (bicyclic) bond motifs is 2. The molecule has 2 aromatic heterocycles. The number of carbonyl (C=O) groups excluding carboxylic acids is 1. The molecule has 0 unspecified atom stereocenters. The maximum Gasteiger partial charge on any atom is 0.309 e. The Morgan fingerprint density at radius 3 is 2.68 bits per heavy atom. The molecule has 0 saturated carbocycles. The Labute approximate surface area is 233 Å². The monoisotopic (exact) mass is 556 g/mol. The van der Waals surface area contributed by atoms with Crippen LogP contribution in [0.4, 0.5) is 0 Å². The topological polar surface area (TPSA) is 69.5 Å². The molecule has 202 valence electrons. The lowest BCUT2D eigenvalue weighted by molar-refractivity contribution is -0.149. The lowest BCUT2D eigenvalue weighted by Gasteiger charge is -2.32. The van der Waals surface area contributed by atoms with Gasteiger partial charge in [0.1, 0.15) is 12.4 Å². The standard InChI is InChI=1S/C29H34Cl2N4O3/c1-4-37-29(36)20-9-11-34(12-10-20)16-22-6-5-21-14-23(7-8-24(21)26(22)30)38-17-19-13-25-27(31)33-35(18(2)3)28(25)32-15-19/h7-8,13-15,18,20H,4-6,9-12,16-17H2,1-3H3. The van der Waals surface area contributed by atoms with Crippen LogP contribution in [-0.4, -0.2) is 51.9 Å². The largest absolute Gasteiger partial charge is 0.489 e. The van der Waals surface area contributed by atoms with Gasteiger partial charge in [-0.3, -0.25) is 9.69 Å². The first-order valence-electron chi connectivity index (χ1n) is 13.4. The molecule has 1 aliphatic heterocycles. The molecular formula is C29H34Cl2N4O3. The van der Waals surface area contributed by atoms with Crippen LogP contribution in [0, 0.1) is 5.92 Å². The summed E-state index contributed by atoms with van der Waals surface area (Å²) in [4.78, 5) is 19.0. The molecule has 38 heavy (non-hydrogen) atoms. The van der Waals surface area contributed by atoms with Gasteiger partial charge in [0, 0.05) is 29.4 Å². The van der Waals surface area contributed by atoms with Crippen molar-refractivity contribution < 1.29 is 14.3 Å². The molecule has 1 aromatic carbocycles. The van der Waals surface area contributed by atoms with Gasteiger partial charge in [-0.2, -0.15) is 5.10 Å². The van der Waals surface area contributed by atoms with E-state index >= 15 is 0 Å². The molecule has 0 N–H and O–H groups in total. The first-order chi connectivity index (χ1) is 18.3. The number of aromatic nitrogens is 3. The molecule has 0 bridgehead atoms. The number of hydrogen-bond donors (Lipinski definition) is 0. The zero-order valence-electron chi connectivity index (χ0n) is 22.2. The zero-order valence-corrected chi connectivity index (χ0v) is 23.7. The predicted molar refractivity (Wildman–Crippen MR) is 151 cm³/mol.